The van der Waals surface area contributed by atoms with Crippen LogP contribution < -0.4 is 0 Å². The molecule has 6 heteroatoms. The average molecular weight is 401 g/mol. The molecule has 1 aliphatic heterocycles. The van der Waals surface area contributed by atoms with Gasteiger partial charge < -0.3 is 0 Å². The van der Waals surface area contributed by atoms with Crippen molar-refractivity contribution in [2.24, 2.45) is 10.8 Å². The van der Waals surface area contributed by atoms with Crippen molar-refractivity contribution in [1.82, 2.24) is 0 Å². The van der Waals surface area contributed by atoms with Gasteiger partial charge >= 0.3 is 11.9 Å². The predicted molar refractivity (Wildman–Crippen MR) is 107 cm³/mol. The summed E-state index contributed by atoms with van der Waals surface area (Å²) in [5.41, 5.74) is -2.15. The van der Waals surface area contributed by atoms with Crippen LogP contribution in [0.2, 0.25) is 0 Å². The number of unbranched alkanes of at least 4 members (excludes halogenated alkanes) is 1. The minimum Gasteiger partial charge on any atom is -0.247 e. The van der Waals surface area contributed by atoms with E-state index in [9.17, 15) is 9.59 Å². The number of carbonyl (C=O) groups excluding carboxylic acids is 2. The van der Waals surface area contributed by atoms with Crippen molar-refractivity contribution in [2.45, 2.75) is 118 Å². The number of rotatable bonds is 12. The number of carbonyl (C=O) groups is 2. The van der Waals surface area contributed by atoms with Crippen molar-refractivity contribution < 1.29 is 29.1 Å². The van der Waals surface area contributed by atoms with Gasteiger partial charge in [0, 0.05) is 0 Å². The van der Waals surface area contributed by atoms with E-state index in [0.717, 1.165) is 32.1 Å². The van der Waals surface area contributed by atoms with E-state index in [1.807, 2.05) is 20.8 Å². The molecule has 28 heavy (non-hydrogen) atoms. The summed E-state index contributed by atoms with van der Waals surface area (Å²) >= 11 is 0. The van der Waals surface area contributed by atoms with E-state index in [2.05, 4.69) is 27.7 Å². The summed E-state index contributed by atoms with van der Waals surface area (Å²) in [7, 11) is 0. The van der Waals surface area contributed by atoms with Crippen LogP contribution in [0.5, 0.6) is 0 Å². The monoisotopic (exact) mass is 400 g/mol. The van der Waals surface area contributed by atoms with Gasteiger partial charge in [-0.05, 0) is 37.5 Å². The maximum absolute atomic E-state index is 13.2. The normalized spacial score (nSPS) is 24.2. The van der Waals surface area contributed by atoms with E-state index in [1.165, 1.54) is 0 Å². The Morgan fingerprint density at radius 1 is 0.964 bits per heavy atom. The van der Waals surface area contributed by atoms with E-state index >= 15 is 0 Å². The lowest BCUT2D eigenvalue weighted by Crippen LogP contribution is -2.62. The molecule has 1 aliphatic rings. The fraction of sp³-hybridized carbons (Fsp3) is 0.909. The minimum absolute atomic E-state index is 0.265. The Hall–Kier alpha value is -1.14. The molecule has 164 valence electrons. The molecular weight excluding hydrogens is 360 g/mol. The van der Waals surface area contributed by atoms with Crippen molar-refractivity contribution in [3.8, 4) is 0 Å². The fourth-order valence-corrected chi connectivity index (χ4v) is 4.46. The van der Waals surface area contributed by atoms with Gasteiger partial charge in [-0.1, -0.05) is 74.1 Å². The van der Waals surface area contributed by atoms with Gasteiger partial charge in [0.25, 0.3) is 0 Å². The zero-order chi connectivity index (χ0) is 21.4. The first kappa shape index (κ1) is 24.9. The van der Waals surface area contributed by atoms with Gasteiger partial charge in [-0.2, -0.15) is 0 Å². The first-order chi connectivity index (χ1) is 13.2. The van der Waals surface area contributed by atoms with E-state index in [4.69, 9.17) is 19.6 Å². The molecule has 1 heterocycles. The van der Waals surface area contributed by atoms with Crippen LogP contribution in [0, 0.1) is 10.8 Å². The maximum atomic E-state index is 13.2. The summed E-state index contributed by atoms with van der Waals surface area (Å²) in [6, 6.07) is 0. The number of hydrogen-bond acceptors (Lipinski definition) is 6. The van der Waals surface area contributed by atoms with Gasteiger partial charge in [0.15, 0.2) is 0 Å². The van der Waals surface area contributed by atoms with E-state index < -0.39 is 23.0 Å². The van der Waals surface area contributed by atoms with Crippen LogP contribution in [-0.2, 0) is 29.1 Å². The molecule has 0 saturated carbocycles. The molecule has 1 rings (SSSR count). The summed E-state index contributed by atoms with van der Waals surface area (Å²) in [5, 5.41) is 0. The Kier molecular flexibility index (Phi) is 9.41. The molecule has 0 aromatic rings. The van der Waals surface area contributed by atoms with E-state index in [0.29, 0.717) is 25.7 Å². The molecule has 3 atom stereocenters. The lowest BCUT2D eigenvalue weighted by Gasteiger charge is -2.45. The highest BCUT2D eigenvalue weighted by atomic mass is 17.3. The van der Waals surface area contributed by atoms with Gasteiger partial charge in [-0.3, -0.25) is 0 Å². The third kappa shape index (κ3) is 4.70. The molecule has 3 unspecified atom stereocenters. The Labute approximate surface area is 170 Å². The molecule has 0 aliphatic carbocycles. The third-order valence-electron chi connectivity index (χ3n) is 6.57. The molecule has 0 aromatic carbocycles. The topological polar surface area (TPSA) is 71.1 Å². The van der Waals surface area contributed by atoms with Crippen LogP contribution in [0.4, 0.5) is 0 Å². The van der Waals surface area contributed by atoms with Crippen LogP contribution in [0.15, 0.2) is 0 Å². The highest BCUT2D eigenvalue weighted by molar-refractivity contribution is 5.83. The largest absolute Gasteiger partial charge is 0.393 e. The van der Waals surface area contributed by atoms with Gasteiger partial charge in [-0.15, -0.1) is 0 Å². The summed E-state index contributed by atoms with van der Waals surface area (Å²) in [6.07, 6.45) is 6.65. The highest BCUT2D eigenvalue weighted by Crippen LogP contribution is 2.50. The maximum Gasteiger partial charge on any atom is 0.393 e. The van der Waals surface area contributed by atoms with Gasteiger partial charge in [0.2, 0.25) is 5.60 Å². The molecule has 0 bridgehead atoms. The summed E-state index contributed by atoms with van der Waals surface area (Å²) < 4.78 is 0. The van der Waals surface area contributed by atoms with Crippen molar-refractivity contribution in [3.63, 3.8) is 0 Å². The van der Waals surface area contributed by atoms with Crippen molar-refractivity contribution >= 4 is 11.9 Å². The van der Waals surface area contributed by atoms with Gasteiger partial charge in [0.1, 0.15) is 6.10 Å². The predicted octanol–water partition coefficient (Wildman–Crippen LogP) is 5.68. The first-order valence-electron chi connectivity index (χ1n) is 11.0. The Balaban J connectivity index is 2.94. The summed E-state index contributed by atoms with van der Waals surface area (Å²) in [6.45, 7) is 14.3. The Morgan fingerprint density at radius 2 is 1.64 bits per heavy atom. The molecule has 6 nitrogen and oxygen atoms in total. The second-order valence-electron chi connectivity index (χ2n) is 8.61. The second-order valence-corrected chi connectivity index (χ2v) is 8.61. The lowest BCUT2D eigenvalue weighted by molar-refractivity contribution is -0.502. The Bertz CT molecular complexity index is 513. The minimum atomic E-state index is -1.19. The lowest BCUT2D eigenvalue weighted by atomic mass is 9.59. The SMILES string of the molecule is CCCCC(CC)(C(=O)OOC(=O)C1(CC)OOC1CCC)C(C)(C)CCC. The first-order valence-corrected chi connectivity index (χ1v) is 11.0. The molecular formula is C22H40O6. The molecule has 0 spiro atoms. The van der Waals surface area contributed by atoms with E-state index in [-0.39, 0.29) is 11.5 Å². The smallest absolute Gasteiger partial charge is 0.247 e. The molecule has 0 N–H and O–H groups in total. The molecule has 1 saturated heterocycles. The zero-order valence-electron chi connectivity index (χ0n) is 18.9. The van der Waals surface area contributed by atoms with Crippen LogP contribution in [0.3, 0.4) is 0 Å². The summed E-state index contributed by atoms with van der Waals surface area (Å²) in [4.78, 5) is 46.3. The Morgan fingerprint density at radius 3 is 2.07 bits per heavy atom. The molecule has 0 aromatic heterocycles. The fourth-order valence-electron chi connectivity index (χ4n) is 4.46. The standard InChI is InChI=1S/C22H40O6/c1-8-13-16-21(11-4,20(6,7)15-10-3)18(23)26-27-19(24)22(12-5)17(14-9-2)25-28-22/h17H,8-16H2,1-7H3. The highest BCUT2D eigenvalue weighted by Gasteiger charge is 2.59. The van der Waals surface area contributed by atoms with Gasteiger partial charge in [0.05, 0.1) is 5.41 Å². The van der Waals surface area contributed by atoms with Crippen LogP contribution in [-0.4, -0.2) is 23.6 Å². The molecule has 0 radical (unpaired) electrons. The molecule has 0 amide bonds. The zero-order valence-corrected chi connectivity index (χ0v) is 18.9. The van der Waals surface area contributed by atoms with Crippen molar-refractivity contribution in [1.29, 1.82) is 0 Å². The van der Waals surface area contributed by atoms with Crippen LogP contribution in [0.25, 0.3) is 0 Å². The van der Waals surface area contributed by atoms with E-state index in [1.54, 1.807) is 0 Å². The molecule has 1 fully saturated rings. The second kappa shape index (κ2) is 10.6. The number of hydrogen-bond donors (Lipinski definition) is 0. The van der Waals surface area contributed by atoms with Crippen LogP contribution >= 0.6 is 0 Å². The quantitative estimate of drug-likeness (QED) is 0.310. The van der Waals surface area contributed by atoms with Gasteiger partial charge in [-0.25, -0.2) is 29.1 Å². The van der Waals surface area contributed by atoms with Crippen molar-refractivity contribution in [2.75, 3.05) is 0 Å². The van der Waals surface area contributed by atoms with Crippen LogP contribution in [0.1, 0.15) is 106 Å². The van der Waals surface area contributed by atoms with Crippen molar-refractivity contribution in [3.05, 3.63) is 0 Å². The average Bonchev–Trinajstić information content (AvgIpc) is 2.65. The third-order valence-corrected chi connectivity index (χ3v) is 6.57. The summed E-state index contributed by atoms with van der Waals surface area (Å²) in [5.74, 6) is -1.16.